The lowest BCUT2D eigenvalue weighted by Gasteiger charge is -2.29. The largest absolute Gasteiger partial charge is 0.444 e. The number of hydrogen-bond acceptors (Lipinski definition) is 5. The van der Waals surface area contributed by atoms with Crippen LogP contribution in [0.5, 0.6) is 0 Å². The minimum absolute atomic E-state index is 0.175. The molecule has 1 saturated heterocycles. The lowest BCUT2D eigenvalue weighted by molar-refractivity contribution is -0.168. The summed E-state index contributed by atoms with van der Waals surface area (Å²) in [6, 6.07) is -0.594. The van der Waals surface area contributed by atoms with Crippen LogP contribution in [0.15, 0.2) is 11.6 Å². The smallest absolute Gasteiger partial charge is 0.408 e. The minimum atomic E-state index is -0.834. The second kappa shape index (κ2) is 19.1. The highest BCUT2D eigenvalue weighted by Crippen LogP contribution is 2.17. The maximum Gasteiger partial charge on any atom is 0.408 e. The summed E-state index contributed by atoms with van der Waals surface area (Å²) in [6.45, 7) is 10.5. The van der Waals surface area contributed by atoms with Gasteiger partial charge in [0.2, 0.25) is 0 Å². The Labute approximate surface area is 215 Å². The number of carbonyl (C=O) groups is 1. The number of unbranched alkanes of at least 4 members (excludes halogenated alkanes) is 11. The molecule has 1 amide bonds. The van der Waals surface area contributed by atoms with Crippen molar-refractivity contribution >= 4 is 6.09 Å². The van der Waals surface area contributed by atoms with Crippen molar-refractivity contribution in [3.8, 4) is 0 Å². The number of aliphatic hydroxyl groups is 1. The molecule has 206 valence electrons. The molecule has 0 bridgehead atoms. The van der Waals surface area contributed by atoms with Gasteiger partial charge in [0.25, 0.3) is 0 Å². The van der Waals surface area contributed by atoms with E-state index in [-0.39, 0.29) is 12.9 Å². The van der Waals surface area contributed by atoms with E-state index >= 15 is 0 Å². The summed E-state index contributed by atoms with van der Waals surface area (Å²) in [6.07, 6.45) is 18.8. The standard InChI is InChI=1S/C29H55NO5/c1-6-7-8-9-10-11-12-13-14-15-16-17-20-24(2)27(31)25(30-28(32)35-29(3,4)5)23-34-26-21-18-19-22-33-26/h20,25-27,31H,6-19,21-23H2,1-5H3,(H,30,32)/b24-20-/t25-,26?,27+/m0/s1. The number of alkyl carbamates (subject to hydrolysis) is 1. The molecule has 1 fully saturated rings. The van der Waals surface area contributed by atoms with E-state index in [0.717, 1.165) is 37.7 Å². The van der Waals surface area contributed by atoms with Crippen LogP contribution in [0.1, 0.15) is 131 Å². The maximum absolute atomic E-state index is 12.4. The van der Waals surface area contributed by atoms with E-state index < -0.39 is 23.8 Å². The molecular formula is C29H55NO5. The Morgan fingerprint density at radius 2 is 1.63 bits per heavy atom. The van der Waals surface area contributed by atoms with E-state index in [0.29, 0.717) is 6.61 Å². The van der Waals surface area contributed by atoms with E-state index in [1.807, 2.05) is 27.7 Å². The first-order chi connectivity index (χ1) is 16.7. The molecule has 0 aromatic carbocycles. The average Bonchev–Trinajstić information content (AvgIpc) is 2.81. The second-order valence-electron chi connectivity index (χ2n) is 11.1. The lowest BCUT2D eigenvalue weighted by atomic mass is 10.0. The van der Waals surface area contributed by atoms with Gasteiger partial charge in [0.05, 0.1) is 18.8 Å². The van der Waals surface area contributed by atoms with Gasteiger partial charge in [-0.2, -0.15) is 0 Å². The monoisotopic (exact) mass is 497 g/mol. The van der Waals surface area contributed by atoms with Crippen molar-refractivity contribution < 1.29 is 24.1 Å². The molecule has 6 heteroatoms. The molecule has 0 spiro atoms. The van der Waals surface area contributed by atoms with Gasteiger partial charge in [0, 0.05) is 6.61 Å². The zero-order valence-electron chi connectivity index (χ0n) is 23.4. The minimum Gasteiger partial charge on any atom is -0.444 e. The molecule has 0 radical (unpaired) electrons. The molecule has 35 heavy (non-hydrogen) atoms. The number of hydrogen-bond donors (Lipinski definition) is 2. The first-order valence-electron chi connectivity index (χ1n) is 14.3. The van der Waals surface area contributed by atoms with Crippen molar-refractivity contribution in [3.05, 3.63) is 11.6 Å². The zero-order valence-corrected chi connectivity index (χ0v) is 23.4. The van der Waals surface area contributed by atoms with Crippen LogP contribution in [0.4, 0.5) is 4.79 Å². The average molecular weight is 498 g/mol. The normalized spacial score (nSPS) is 18.8. The first kappa shape index (κ1) is 31.9. The predicted octanol–water partition coefficient (Wildman–Crippen LogP) is 7.43. The molecule has 1 heterocycles. The summed E-state index contributed by atoms with van der Waals surface area (Å²) in [5, 5.41) is 13.8. The van der Waals surface area contributed by atoms with Crippen LogP contribution >= 0.6 is 0 Å². The highest BCUT2D eigenvalue weighted by atomic mass is 16.7. The van der Waals surface area contributed by atoms with Crippen LogP contribution in [-0.2, 0) is 14.2 Å². The molecule has 1 aliphatic rings. The molecule has 0 aliphatic carbocycles. The van der Waals surface area contributed by atoms with Crippen molar-refractivity contribution in [3.63, 3.8) is 0 Å². The third-order valence-electron chi connectivity index (χ3n) is 6.42. The summed E-state index contributed by atoms with van der Waals surface area (Å²) in [5.41, 5.74) is 0.249. The second-order valence-corrected chi connectivity index (χ2v) is 11.1. The first-order valence-corrected chi connectivity index (χ1v) is 14.3. The van der Waals surface area contributed by atoms with Gasteiger partial charge in [-0.3, -0.25) is 0 Å². The van der Waals surface area contributed by atoms with Crippen molar-refractivity contribution in [2.45, 2.75) is 155 Å². The Kier molecular flexibility index (Phi) is 17.4. The van der Waals surface area contributed by atoms with E-state index in [4.69, 9.17) is 14.2 Å². The van der Waals surface area contributed by atoms with Crippen LogP contribution < -0.4 is 5.32 Å². The number of aliphatic hydroxyl groups excluding tert-OH is 1. The molecular weight excluding hydrogens is 442 g/mol. The van der Waals surface area contributed by atoms with Crippen molar-refractivity contribution in [2.75, 3.05) is 13.2 Å². The van der Waals surface area contributed by atoms with E-state index in [2.05, 4.69) is 18.3 Å². The molecule has 1 rings (SSSR count). The quantitative estimate of drug-likeness (QED) is 0.152. The summed E-state index contributed by atoms with van der Waals surface area (Å²) in [5.74, 6) is 0. The van der Waals surface area contributed by atoms with Crippen LogP contribution in [0.2, 0.25) is 0 Å². The highest BCUT2D eigenvalue weighted by Gasteiger charge is 2.27. The van der Waals surface area contributed by atoms with Gasteiger partial charge in [-0.15, -0.1) is 0 Å². The van der Waals surface area contributed by atoms with Crippen LogP contribution in [-0.4, -0.2) is 48.5 Å². The Morgan fingerprint density at radius 1 is 1.03 bits per heavy atom. The fraction of sp³-hybridized carbons (Fsp3) is 0.897. The fourth-order valence-corrected chi connectivity index (χ4v) is 4.30. The van der Waals surface area contributed by atoms with Gasteiger partial charge in [-0.05, 0) is 65.4 Å². The molecule has 1 unspecified atom stereocenters. The zero-order chi connectivity index (χ0) is 25.9. The fourth-order valence-electron chi connectivity index (χ4n) is 4.30. The van der Waals surface area contributed by atoms with Gasteiger partial charge in [0.15, 0.2) is 6.29 Å². The van der Waals surface area contributed by atoms with Gasteiger partial charge in [-0.1, -0.05) is 77.2 Å². The number of carbonyl (C=O) groups excluding carboxylic acids is 1. The van der Waals surface area contributed by atoms with Crippen molar-refractivity contribution in [2.24, 2.45) is 0 Å². The van der Waals surface area contributed by atoms with Crippen molar-refractivity contribution in [1.29, 1.82) is 0 Å². The van der Waals surface area contributed by atoms with Gasteiger partial charge < -0.3 is 24.6 Å². The number of ether oxygens (including phenoxy) is 3. The molecule has 3 atom stereocenters. The van der Waals surface area contributed by atoms with E-state index in [9.17, 15) is 9.90 Å². The van der Waals surface area contributed by atoms with Gasteiger partial charge in [0.1, 0.15) is 5.60 Å². The number of nitrogens with one attached hydrogen (secondary N) is 1. The number of amides is 1. The number of allylic oxidation sites excluding steroid dienone is 1. The van der Waals surface area contributed by atoms with Gasteiger partial charge in [-0.25, -0.2) is 4.79 Å². The maximum atomic E-state index is 12.4. The topological polar surface area (TPSA) is 77.0 Å². The molecule has 0 aromatic rings. The third kappa shape index (κ3) is 17.1. The third-order valence-corrected chi connectivity index (χ3v) is 6.42. The molecule has 1 aliphatic heterocycles. The summed E-state index contributed by atoms with van der Waals surface area (Å²) in [4.78, 5) is 12.4. The Balaban J connectivity index is 2.38. The lowest BCUT2D eigenvalue weighted by Crippen LogP contribution is -2.49. The van der Waals surface area contributed by atoms with Crippen LogP contribution in [0.25, 0.3) is 0 Å². The van der Waals surface area contributed by atoms with Crippen molar-refractivity contribution in [1.82, 2.24) is 5.32 Å². The number of rotatable bonds is 18. The Hall–Kier alpha value is -1.11. The summed E-state index contributed by atoms with van der Waals surface area (Å²) < 4.78 is 16.9. The summed E-state index contributed by atoms with van der Waals surface area (Å²) in [7, 11) is 0. The molecule has 0 aromatic heterocycles. The van der Waals surface area contributed by atoms with Crippen LogP contribution in [0.3, 0.4) is 0 Å². The Morgan fingerprint density at radius 3 is 2.17 bits per heavy atom. The van der Waals surface area contributed by atoms with Crippen LogP contribution in [0, 0.1) is 0 Å². The molecule has 0 saturated carbocycles. The summed E-state index contributed by atoms with van der Waals surface area (Å²) >= 11 is 0. The predicted molar refractivity (Wildman–Crippen MR) is 144 cm³/mol. The molecule has 2 N–H and O–H groups in total. The SMILES string of the molecule is CCCCCCCCCCCCC/C=C(/C)[C@@H](O)[C@H](COC1CCCCO1)NC(=O)OC(C)(C)C. The molecule has 6 nitrogen and oxygen atoms in total. The van der Waals surface area contributed by atoms with E-state index in [1.54, 1.807) is 0 Å². The van der Waals surface area contributed by atoms with Gasteiger partial charge >= 0.3 is 6.09 Å². The Bertz CT molecular complexity index is 566. The van der Waals surface area contributed by atoms with E-state index in [1.165, 1.54) is 64.2 Å². The highest BCUT2D eigenvalue weighted by molar-refractivity contribution is 5.68.